The third-order valence-corrected chi connectivity index (χ3v) is 2.50. The Balaban J connectivity index is 4.15. The van der Waals surface area contributed by atoms with Crippen LogP contribution in [0.25, 0.3) is 0 Å². The summed E-state index contributed by atoms with van der Waals surface area (Å²) in [6, 6.07) is 0. The third-order valence-electron chi connectivity index (χ3n) is 2.25. The van der Waals surface area contributed by atoms with E-state index in [1.54, 1.807) is 0 Å². The molecule has 6 heteroatoms. The molecule has 0 aliphatic heterocycles. The first kappa shape index (κ1) is 15.8. The Labute approximate surface area is 108 Å². The van der Waals surface area contributed by atoms with Crippen LogP contribution in [0.3, 0.4) is 0 Å². The Morgan fingerprint density at radius 1 is 1.29 bits per heavy atom. The van der Waals surface area contributed by atoms with E-state index in [-0.39, 0.29) is 29.3 Å². The summed E-state index contributed by atoms with van der Waals surface area (Å²) >= 11 is 4.84. The fourth-order valence-corrected chi connectivity index (χ4v) is 1.74. The Hall–Kier alpha value is -1.17. The summed E-state index contributed by atoms with van der Waals surface area (Å²) in [5.74, 6) is -1.00. The van der Waals surface area contributed by atoms with E-state index in [0.717, 1.165) is 6.42 Å². The van der Waals surface area contributed by atoms with Crippen molar-refractivity contribution < 1.29 is 9.59 Å². The molecule has 1 unspecified atom stereocenters. The summed E-state index contributed by atoms with van der Waals surface area (Å²) in [5, 5.41) is 5.20. The van der Waals surface area contributed by atoms with E-state index in [1.165, 1.54) is 0 Å². The average molecular weight is 259 g/mol. The van der Waals surface area contributed by atoms with E-state index < -0.39 is 5.92 Å². The van der Waals surface area contributed by atoms with Gasteiger partial charge in [-0.15, -0.1) is 0 Å². The maximum Gasteiger partial charge on any atom is 0.239 e. The summed E-state index contributed by atoms with van der Waals surface area (Å²) in [4.78, 5) is 23.2. The molecule has 0 fully saturated rings. The van der Waals surface area contributed by atoms with Gasteiger partial charge in [0.1, 0.15) is 0 Å². The van der Waals surface area contributed by atoms with Gasteiger partial charge in [-0.05, 0) is 12.3 Å². The van der Waals surface area contributed by atoms with Gasteiger partial charge in [0.05, 0.1) is 17.5 Å². The fourth-order valence-electron chi connectivity index (χ4n) is 1.36. The maximum atomic E-state index is 11.7. The molecule has 0 aromatic heterocycles. The van der Waals surface area contributed by atoms with Gasteiger partial charge in [0, 0.05) is 6.54 Å². The fraction of sp³-hybridized carbons (Fsp3) is 0.727. The molecule has 0 radical (unpaired) electrons. The van der Waals surface area contributed by atoms with Gasteiger partial charge < -0.3 is 16.4 Å². The van der Waals surface area contributed by atoms with Gasteiger partial charge in [-0.2, -0.15) is 0 Å². The van der Waals surface area contributed by atoms with E-state index in [0.29, 0.717) is 6.54 Å². The van der Waals surface area contributed by atoms with E-state index in [4.69, 9.17) is 18.0 Å². The second-order valence-electron chi connectivity index (χ2n) is 4.19. The highest BCUT2D eigenvalue weighted by molar-refractivity contribution is 7.80. The van der Waals surface area contributed by atoms with Gasteiger partial charge in [0.2, 0.25) is 11.8 Å². The van der Waals surface area contributed by atoms with Crippen LogP contribution in [0.15, 0.2) is 0 Å². The molecule has 0 saturated heterocycles. The quantitative estimate of drug-likeness (QED) is 0.570. The summed E-state index contributed by atoms with van der Waals surface area (Å²) in [6.07, 6.45) is 0.862. The van der Waals surface area contributed by atoms with E-state index in [2.05, 4.69) is 10.6 Å². The van der Waals surface area contributed by atoms with Crippen LogP contribution in [0, 0.1) is 11.8 Å². The first-order chi connectivity index (χ1) is 7.90. The van der Waals surface area contributed by atoms with Gasteiger partial charge in [-0.3, -0.25) is 9.59 Å². The molecule has 0 heterocycles. The SMILES string of the molecule is CCCNC(=O)CNC(=O)C(C(N)=S)C(C)C. The maximum absolute atomic E-state index is 11.7. The first-order valence-corrected chi connectivity index (χ1v) is 6.14. The lowest BCUT2D eigenvalue weighted by atomic mass is 9.95. The number of amides is 2. The molecular weight excluding hydrogens is 238 g/mol. The van der Waals surface area contributed by atoms with Crippen molar-refractivity contribution in [3.63, 3.8) is 0 Å². The number of thiocarbonyl (C=S) groups is 1. The van der Waals surface area contributed by atoms with Crippen molar-refractivity contribution in [2.45, 2.75) is 27.2 Å². The highest BCUT2D eigenvalue weighted by atomic mass is 32.1. The monoisotopic (exact) mass is 259 g/mol. The number of carbonyl (C=O) groups is 2. The highest BCUT2D eigenvalue weighted by Crippen LogP contribution is 2.10. The highest BCUT2D eigenvalue weighted by Gasteiger charge is 2.24. The zero-order chi connectivity index (χ0) is 13.4. The van der Waals surface area contributed by atoms with E-state index in [9.17, 15) is 9.59 Å². The second kappa shape index (κ2) is 8.00. The molecule has 0 bridgehead atoms. The molecule has 2 amide bonds. The number of hydrogen-bond donors (Lipinski definition) is 3. The molecule has 0 aliphatic carbocycles. The lowest BCUT2D eigenvalue weighted by Crippen LogP contribution is -2.44. The summed E-state index contributed by atoms with van der Waals surface area (Å²) in [7, 11) is 0. The van der Waals surface area contributed by atoms with Crippen LogP contribution in [0.1, 0.15) is 27.2 Å². The molecule has 0 rings (SSSR count). The lowest BCUT2D eigenvalue weighted by molar-refractivity contribution is -0.127. The van der Waals surface area contributed by atoms with Gasteiger partial charge in [-0.25, -0.2) is 0 Å². The van der Waals surface area contributed by atoms with Gasteiger partial charge >= 0.3 is 0 Å². The molecule has 0 spiro atoms. The summed E-state index contributed by atoms with van der Waals surface area (Å²) in [6.45, 7) is 6.25. The lowest BCUT2D eigenvalue weighted by Gasteiger charge is -2.18. The van der Waals surface area contributed by atoms with Crippen molar-refractivity contribution in [3.8, 4) is 0 Å². The molecular formula is C11H21N3O2S. The minimum atomic E-state index is -0.524. The largest absolute Gasteiger partial charge is 0.393 e. The van der Waals surface area contributed by atoms with Crippen molar-refractivity contribution in [2.75, 3.05) is 13.1 Å². The molecule has 0 aliphatic rings. The van der Waals surface area contributed by atoms with Gasteiger partial charge in [0.25, 0.3) is 0 Å². The Bertz CT molecular complexity index is 292. The molecule has 0 aromatic carbocycles. The average Bonchev–Trinajstić information content (AvgIpc) is 2.22. The Morgan fingerprint density at radius 3 is 2.29 bits per heavy atom. The zero-order valence-corrected chi connectivity index (χ0v) is 11.4. The molecule has 0 aromatic rings. The standard InChI is InChI=1S/C11H21N3O2S/c1-4-5-13-8(15)6-14-11(16)9(7(2)3)10(12)17/h7,9H,4-6H2,1-3H3,(H2,12,17)(H,13,15)(H,14,16). The van der Waals surface area contributed by atoms with Gasteiger partial charge in [-0.1, -0.05) is 33.0 Å². The van der Waals surface area contributed by atoms with E-state index in [1.807, 2.05) is 20.8 Å². The van der Waals surface area contributed by atoms with Crippen LogP contribution in [0.4, 0.5) is 0 Å². The summed E-state index contributed by atoms with van der Waals surface area (Å²) in [5.41, 5.74) is 5.50. The zero-order valence-electron chi connectivity index (χ0n) is 10.6. The van der Waals surface area contributed by atoms with Crippen LogP contribution in [0.2, 0.25) is 0 Å². The number of rotatable bonds is 7. The number of carbonyl (C=O) groups excluding carboxylic acids is 2. The third kappa shape index (κ3) is 6.21. The van der Waals surface area contributed by atoms with Crippen LogP contribution in [-0.4, -0.2) is 29.9 Å². The molecule has 1 atom stereocenters. The van der Waals surface area contributed by atoms with Crippen LogP contribution < -0.4 is 16.4 Å². The minimum absolute atomic E-state index is 0.0196. The van der Waals surface area contributed by atoms with Crippen LogP contribution >= 0.6 is 12.2 Å². The second-order valence-corrected chi connectivity index (χ2v) is 4.66. The number of nitrogens with one attached hydrogen (secondary N) is 2. The topological polar surface area (TPSA) is 84.2 Å². The van der Waals surface area contributed by atoms with Crippen molar-refractivity contribution >= 4 is 29.0 Å². The molecule has 17 heavy (non-hydrogen) atoms. The summed E-state index contributed by atoms with van der Waals surface area (Å²) < 4.78 is 0. The number of nitrogens with two attached hydrogens (primary N) is 1. The predicted molar refractivity (Wildman–Crippen MR) is 71.4 cm³/mol. The van der Waals surface area contributed by atoms with Crippen LogP contribution in [-0.2, 0) is 9.59 Å². The van der Waals surface area contributed by atoms with E-state index >= 15 is 0 Å². The molecule has 0 saturated carbocycles. The molecule has 98 valence electrons. The van der Waals surface area contributed by atoms with Crippen LogP contribution in [0.5, 0.6) is 0 Å². The van der Waals surface area contributed by atoms with Crippen molar-refractivity contribution in [3.05, 3.63) is 0 Å². The van der Waals surface area contributed by atoms with Crippen molar-refractivity contribution in [2.24, 2.45) is 17.6 Å². The Morgan fingerprint density at radius 2 is 1.88 bits per heavy atom. The van der Waals surface area contributed by atoms with Gasteiger partial charge in [0.15, 0.2) is 0 Å². The number of hydrogen-bond acceptors (Lipinski definition) is 3. The predicted octanol–water partition coefficient (Wildman–Crippen LogP) is 0.187. The minimum Gasteiger partial charge on any atom is -0.393 e. The van der Waals surface area contributed by atoms with Crippen molar-refractivity contribution in [1.29, 1.82) is 0 Å². The Kier molecular flexibility index (Phi) is 7.45. The first-order valence-electron chi connectivity index (χ1n) is 5.73. The smallest absolute Gasteiger partial charge is 0.239 e. The molecule has 5 nitrogen and oxygen atoms in total. The normalized spacial score (nSPS) is 12.0. The van der Waals surface area contributed by atoms with Crippen molar-refractivity contribution in [1.82, 2.24) is 10.6 Å². The molecule has 4 N–H and O–H groups in total.